The molecule has 136 valence electrons. The third-order valence-electron chi connectivity index (χ3n) is 5.12. The van der Waals surface area contributed by atoms with E-state index in [9.17, 15) is 9.59 Å². The Morgan fingerprint density at radius 2 is 1.85 bits per heavy atom. The van der Waals surface area contributed by atoms with Gasteiger partial charge in [-0.1, -0.05) is 33.6 Å². The van der Waals surface area contributed by atoms with Crippen LogP contribution in [0.3, 0.4) is 0 Å². The lowest BCUT2D eigenvalue weighted by Crippen LogP contribution is -2.28. The molecule has 2 aromatic carbocycles. The summed E-state index contributed by atoms with van der Waals surface area (Å²) in [6.07, 6.45) is 0.244. The molecule has 0 radical (unpaired) electrons. The fraction of sp³-hybridized carbons (Fsp3) is 0.333. The van der Waals surface area contributed by atoms with Gasteiger partial charge >= 0.3 is 0 Å². The summed E-state index contributed by atoms with van der Waals surface area (Å²) in [5.74, 6) is -0.442. The first-order valence-electron chi connectivity index (χ1n) is 8.72. The van der Waals surface area contributed by atoms with Gasteiger partial charge in [0, 0.05) is 28.8 Å². The molecule has 2 amide bonds. The molecule has 2 aromatic rings. The second kappa shape index (κ2) is 7.23. The van der Waals surface area contributed by atoms with Gasteiger partial charge in [-0.05, 0) is 62.6 Å². The molecule has 1 fully saturated rings. The van der Waals surface area contributed by atoms with E-state index >= 15 is 0 Å². The Bertz CT molecular complexity index is 892. The number of nitrogens with zero attached hydrogens (tertiary/aromatic N) is 1. The van der Waals surface area contributed by atoms with Gasteiger partial charge in [0.05, 0.1) is 5.92 Å². The number of rotatable bonds is 3. The minimum atomic E-state index is -0.341. The van der Waals surface area contributed by atoms with Crippen LogP contribution in [-0.2, 0) is 9.59 Å². The predicted molar refractivity (Wildman–Crippen MR) is 109 cm³/mol. The first kappa shape index (κ1) is 18.6. The molecule has 1 aliphatic heterocycles. The molecule has 1 atom stereocenters. The smallest absolute Gasteiger partial charge is 0.229 e. The fourth-order valence-electron chi connectivity index (χ4n) is 3.38. The Morgan fingerprint density at radius 3 is 2.54 bits per heavy atom. The van der Waals surface area contributed by atoms with Gasteiger partial charge in [0.2, 0.25) is 11.8 Å². The number of benzene rings is 2. The van der Waals surface area contributed by atoms with Gasteiger partial charge in [0.1, 0.15) is 0 Å². The third-order valence-corrected chi connectivity index (χ3v) is 5.98. The van der Waals surface area contributed by atoms with E-state index in [-0.39, 0.29) is 24.2 Å². The fourth-order valence-corrected chi connectivity index (χ4v) is 3.81. The minimum Gasteiger partial charge on any atom is -0.326 e. The number of hydrogen-bond acceptors (Lipinski definition) is 2. The van der Waals surface area contributed by atoms with Crippen molar-refractivity contribution < 1.29 is 9.59 Å². The van der Waals surface area contributed by atoms with Crippen LogP contribution in [0.4, 0.5) is 11.4 Å². The molecule has 0 unspecified atom stereocenters. The largest absolute Gasteiger partial charge is 0.326 e. The zero-order valence-corrected chi connectivity index (χ0v) is 17.1. The number of carbonyl (C=O) groups is 2. The van der Waals surface area contributed by atoms with Crippen LogP contribution in [0, 0.1) is 33.6 Å². The Kier molecular flexibility index (Phi) is 5.19. The number of hydrogen-bond donors (Lipinski definition) is 1. The monoisotopic (exact) mass is 414 g/mol. The third kappa shape index (κ3) is 3.54. The van der Waals surface area contributed by atoms with Crippen molar-refractivity contribution in [2.45, 2.75) is 34.1 Å². The lowest BCUT2D eigenvalue weighted by atomic mass is 10.1. The average molecular weight is 415 g/mol. The molecular weight excluding hydrogens is 392 g/mol. The molecule has 3 rings (SSSR count). The lowest BCUT2D eigenvalue weighted by molar-refractivity contribution is -0.122. The van der Waals surface area contributed by atoms with Crippen LogP contribution < -0.4 is 10.2 Å². The molecule has 1 saturated heterocycles. The van der Waals surface area contributed by atoms with Crippen LogP contribution in [0.15, 0.2) is 34.8 Å². The topological polar surface area (TPSA) is 49.4 Å². The van der Waals surface area contributed by atoms with Crippen molar-refractivity contribution in [2.75, 3.05) is 16.8 Å². The summed E-state index contributed by atoms with van der Waals surface area (Å²) in [4.78, 5) is 26.9. The molecule has 0 bridgehead atoms. The van der Waals surface area contributed by atoms with Crippen molar-refractivity contribution in [3.8, 4) is 0 Å². The van der Waals surface area contributed by atoms with Crippen molar-refractivity contribution >= 4 is 39.1 Å². The molecule has 5 heteroatoms. The maximum Gasteiger partial charge on any atom is 0.229 e. The summed E-state index contributed by atoms with van der Waals surface area (Å²) in [5.41, 5.74) is 6.04. The number of aryl methyl sites for hydroxylation is 2. The van der Waals surface area contributed by atoms with E-state index < -0.39 is 0 Å². The first-order chi connectivity index (χ1) is 12.3. The Balaban J connectivity index is 1.76. The van der Waals surface area contributed by atoms with Crippen molar-refractivity contribution in [3.05, 3.63) is 57.1 Å². The standard InChI is InChI=1S/C21H23BrN2O2/c1-12-5-8-19(13(2)9-12)24-11-16(10-20(24)25)21(26)23-18-7-6-17(22)14(3)15(18)4/h5-9,16H,10-11H2,1-4H3,(H,23,26)/t16-/m0/s1. The number of anilines is 2. The molecule has 4 nitrogen and oxygen atoms in total. The minimum absolute atomic E-state index is 0.000752. The number of nitrogens with one attached hydrogen (secondary N) is 1. The molecule has 0 saturated carbocycles. The normalized spacial score (nSPS) is 16.9. The van der Waals surface area contributed by atoms with Crippen molar-refractivity contribution in [1.29, 1.82) is 0 Å². The number of carbonyl (C=O) groups excluding carboxylic acids is 2. The quantitative estimate of drug-likeness (QED) is 0.792. The van der Waals surface area contributed by atoms with E-state index in [1.807, 2.05) is 52.0 Å². The maximum atomic E-state index is 12.7. The van der Waals surface area contributed by atoms with Crippen LogP contribution in [0.1, 0.15) is 28.7 Å². The average Bonchev–Trinajstić information content (AvgIpc) is 2.97. The van der Waals surface area contributed by atoms with Gasteiger partial charge in [0.25, 0.3) is 0 Å². The molecule has 1 heterocycles. The predicted octanol–water partition coefficient (Wildman–Crippen LogP) is 4.67. The molecule has 0 aliphatic carbocycles. The van der Waals surface area contributed by atoms with Crippen LogP contribution >= 0.6 is 15.9 Å². The van der Waals surface area contributed by atoms with Gasteiger partial charge in [-0.2, -0.15) is 0 Å². The molecule has 1 N–H and O–H groups in total. The van der Waals surface area contributed by atoms with Gasteiger partial charge in [-0.25, -0.2) is 0 Å². The second-order valence-electron chi connectivity index (χ2n) is 7.03. The Morgan fingerprint density at radius 1 is 1.12 bits per heavy atom. The van der Waals surface area contributed by atoms with Crippen LogP contribution in [0.25, 0.3) is 0 Å². The highest BCUT2D eigenvalue weighted by Crippen LogP contribution is 2.30. The molecule has 1 aliphatic rings. The summed E-state index contributed by atoms with van der Waals surface area (Å²) in [7, 11) is 0. The van der Waals surface area contributed by atoms with E-state index in [1.54, 1.807) is 4.90 Å². The Labute approximate surface area is 162 Å². The van der Waals surface area contributed by atoms with E-state index in [4.69, 9.17) is 0 Å². The van der Waals surface area contributed by atoms with E-state index in [2.05, 4.69) is 27.3 Å². The summed E-state index contributed by atoms with van der Waals surface area (Å²) in [6, 6.07) is 9.84. The van der Waals surface area contributed by atoms with Crippen molar-refractivity contribution in [2.24, 2.45) is 5.92 Å². The highest BCUT2D eigenvalue weighted by molar-refractivity contribution is 9.10. The lowest BCUT2D eigenvalue weighted by Gasteiger charge is -2.20. The van der Waals surface area contributed by atoms with Crippen molar-refractivity contribution in [1.82, 2.24) is 0 Å². The molecular formula is C21H23BrN2O2. The van der Waals surface area contributed by atoms with Crippen molar-refractivity contribution in [3.63, 3.8) is 0 Å². The van der Waals surface area contributed by atoms with Gasteiger partial charge in [-0.15, -0.1) is 0 Å². The summed E-state index contributed by atoms with van der Waals surface area (Å²) in [6.45, 7) is 8.44. The van der Waals surface area contributed by atoms with Gasteiger partial charge in [-0.3, -0.25) is 9.59 Å². The second-order valence-corrected chi connectivity index (χ2v) is 7.88. The molecule has 0 aromatic heterocycles. The van der Waals surface area contributed by atoms with Gasteiger partial charge in [0.15, 0.2) is 0 Å². The van der Waals surface area contributed by atoms with Crippen LogP contribution in [-0.4, -0.2) is 18.4 Å². The highest BCUT2D eigenvalue weighted by Gasteiger charge is 2.35. The van der Waals surface area contributed by atoms with Gasteiger partial charge < -0.3 is 10.2 Å². The van der Waals surface area contributed by atoms with Crippen LogP contribution in [0.5, 0.6) is 0 Å². The van der Waals surface area contributed by atoms with E-state index in [0.717, 1.165) is 38.1 Å². The summed E-state index contributed by atoms with van der Waals surface area (Å²) < 4.78 is 1.02. The summed E-state index contributed by atoms with van der Waals surface area (Å²) >= 11 is 3.50. The van der Waals surface area contributed by atoms with E-state index in [0.29, 0.717) is 6.54 Å². The molecule has 0 spiro atoms. The van der Waals surface area contributed by atoms with E-state index in [1.165, 1.54) is 0 Å². The Hall–Kier alpha value is -2.14. The zero-order valence-electron chi connectivity index (χ0n) is 15.5. The zero-order chi connectivity index (χ0) is 19.0. The molecule has 26 heavy (non-hydrogen) atoms. The summed E-state index contributed by atoms with van der Waals surface area (Å²) in [5, 5.41) is 3.00. The first-order valence-corrected chi connectivity index (χ1v) is 9.51. The van der Waals surface area contributed by atoms with Crippen LogP contribution in [0.2, 0.25) is 0 Å². The number of amides is 2. The highest BCUT2D eigenvalue weighted by atomic mass is 79.9. The SMILES string of the molecule is Cc1ccc(N2C[C@@H](C(=O)Nc3ccc(Br)c(C)c3C)CC2=O)c(C)c1. The maximum absolute atomic E-state index is 12.7. The number of halogens is 1.